The molecule has 0 fully saturated rings. The minimum Gasteiger partial charge on any atom is -0.478 e. The summed E-state index contributed by atoms with van der Waals surface area (Å²) in [4.78, 5) is 24.5. The van der Waals surface area contributed by atoms with Gasteiger partial charge >= 0.3 is 11.7 Å². The summed E-state index contributed by atoms with van der Waals surface area (Å²) in [7, 11) is 0. The minimum atomic E-state index is -0.944. The summed E-state index contributed by atoms with van der Waals surface area (Å²) in [5.41, 5.74) is 2.72. The quantitative estimate of drug-likeness (QED) is 0.475. The third-order valence-electron chi connectivity index (χ3n) is 5.33. The van der Waals surface area contributed by atoms with Gasteiger partial charge < -0.3 is 5.11 Å². The first-order chi connectivity index (χ1) is 14.9. The van der Waals surface area contributed by atoms with Crippen LogP contribution in [0.1, 0.15) is 61.8 Å². The van der Waals surface area contributed by atoms with Crippen molar-refractivity contribution in [1.29, 1.82) is 0 Å². The lowest BCUT2D eigenvalue weighted by molar-refractivity contribution is 0.0697. The van der Waals surface area contributed by atoms with Gasteiger partial charge in [-0.15, -0.1) is 0 Å². The van der Waals surface area contributed by atoms with Crippen molar-refractivity contribution in [2.75, 3.05) is 0 Å². The normalized spacial score (nSPS) is 11.2. The summed E-state index contributed by atoms with van der Waals surface area (Å²) in [5.74, 6) is 0.274. The number of carbonyl (C=O) groups is 1. The second kappa shape index (κ2) is 10.2. The first-order valence-electron chi connectivity index (χ1n) is 11.0. The van der Waals surface area contributed by atoms with Crippen LogP contribution in [0.5, 0.6) is 0 Å². The number of aromatic nitrogens is 3. The molecule has 0 saturated heterocycles. The Kier molecular flexibility index (Phi) is 7.45. The topological polar surface area (TPSA) is 77.1 Å². The summed E-state index contributed by atoms with van der Waals surface area (Å²) in [5, 5.41) is 14.1. The molecule has 0 aliphatic rings. The number of hydrogen-bond donors (Lipinski definition) is 1. The number of benzene rings is 2. The molecule has 0 radical (unpaired) electrons. The summed E-state index contributed by atoms with van der Waals surface area (Å²) in [6.45, 7) is 7.49. The second-order valence-corrected chi connectivity index (χ2v) is 8.36. The van der Waals surface area contributed by atoms with Crippen LogP contribution in [0.4, 0.5) is 0 Å². The zero-order chi connectivity index (χ0) is 22.4. The summed E-state index contributed by atoms with van der Waals surface area (Å²) < 4.78 is 3.37. The first kappa shape index (κ1) is 22.5. The molecule has 1 N–H and O–H groups in total. The smallest absolute Gasteiger partial charge is 0.346 e. The average molecular weight is 422 g/mol. The van der Waals surface area contributed by atoms with E-state index in [9.17, 15) is 14.7 Å². The monoisotopic (exact) mass is 421 g/mol. The highest BCUT2D eigenvalue weighted by Gasteiger charge is 2.15. The fourth-order valence-corrected chi connectivity index (χ4v) is 3.71. The van der Waals surface area contributed by atoms with Gasteiger partial charge in [0.05, 0.1) is 12.1 Å². The van der Waals surface area contributed by atoms with Gasteiger partial charge in [0.25, 0.3) is 0 Å². The van der Waals surface area contributed by atoms with Crippen molar-refractivity contribution in [2.24, 2.45) is 5.92 Å². The van der Waals surface area contributed by atoms with E-state index in [4.69, 9.17) is 0 Å². The van der Waals surface area contributed by atoms with Crippen LogP contribution in [-0.2, 0) is 19.5 Å². The molecule has 6 nitrogen and oxygen atoms in total. The van der Waals surface area contributed by atoms with E-state index in [2.05, 4.69) is 25.9 Å². The predicted molar refractivity (Wildman–Crippen MR) is 122 cm³/mol. The van der Waals surface area contributed by atoms with Gasteiger partial charge in [-0.05, 0) is 35.1 Å². The van der Waals surface area contributed by atoms with Crippen molar-refractivity contribution < 1.29 is 9.90 Å². The molecule has 164 valence electrons. The lowest BCUT2D eigenvalue weighted by atomic mass is 9.99. The Morgan fingerprint density at radius 3 is 2.42 bits per heavy atom. The van der Waals surface area contributed by atoms with Gasteiger partial charge in [0, 0.05) is 13.0 Å². The number of carboxylic acids is 1. The molecule has 2 aromatic carbocycles. The fourth-order valence-electron chi connectivity index (χ4n) is 3.71. The molecule has 0 spiro atoms. The average Bonchev–Trinajstić information content (AvgIpc) is 3.03. The molecular formula is C25H31N3O3. The number of rotatable bonds is 10. The summed E-state index contributed by atoms with van der Waals surface area (Å²) in [6.07, 6.45) is 3.88. The van der Waals surface area contributed by atoms with Crippen LogP contribution < -0.4 is 5.69 Å². The zero-order valence-electron chi connectivity index (χ0n) is 18.5. The third-order valence-corrected chi connectivity index (χ3v) is 5.33. The molecule has 0 atom stereocenters. The predicted octanol–water partition coefficient (Wildman–Crippen LogP) is 4.85. The number of nitrogens with zero attached hydrogens (tertiary/aromatic N) is 3. The van der Waals surface area contributed by atoms with Crippen molar-refractivity contribution in [3.8, 4) is 11.1 Å². The number of carboxylic acid groups (broad SMARTS) is 1. The van der Waals surface area contributed by atoms with Crippen LogP contribution in [0, 0.1) is 5.92 Å². The molecule has 3 rings (SSSR count). The van der Waals surface area contributed by atoms with Gasteiger partial charge in [-0.1, -0.05) is 76.1 Å². The van der Waals surface area contributed by atoms with Crippen molar-refractivity contribution >= 4 is 5.97 Å². The molecule has 6 heteroatoms. The van der Waals surface area contributed by atoms with E-state index in [-0.39, 0.29) is 11.3 Å². The standard InChI is InChI=1S/C25H31N3O3/c1-4-5-8-15-28-25(31)27(23(26-28)16-18(2)3)17-19-11-13-20(14-12-19)21-9-6-7-10-22(21)24(29)30/h6-7,9-14,18H,4-5,8,15-17H2,1-3H3,(H,29,30). The maximum Gasteiger partial charge on any atom is 0.346 e. The Balaban J connectivity index is 1.87. The van der Waals surface area contributed by atoms with Gasteiger partial charge in [-0.25, -0.2) is 14.3 Å². The molecule has 0 saturated carbocycles. The largest absolute Gasteiger partial charge is 0.478 e. The molecule has 0 unspecified atom stereocenters. The number of unbranched alkanes of at least 4 members (excludes halogenated alkanes) is 2. The number of hydrogen-bond acceptors (Lipinski definition) is 3. The zero-order valence-corrected chi connectivity index (χ0v) is 18.5. The van der Waals surface area contributed by atoms with Crippen LogP contribution in [-0.4, -0.2) is 25.4 Å². The van der Waals surface area contributed by atoms with Crippen molar-refractivity contribution in [3.05, 3.63) is 76.0 Å². The van der Waals surface area contributed by atoms with Gasteiger partial charge in [-0.3, -0.25) is 4.57 Å². The van der Waals surface area contributed by atoms with Gasteiger partial charge in [0.15, 0.2) is 0 Å². The maximum atomic E-state index is 13.0. The highest BCUT2D eigenvalue weighted by atomic mass is 16.4. The Morgan fingerprint density at radius 1 is 1.06 bits per heavy atom. The summed E-state index contributed by atoms with van der Waals surface area (Å²) >= 11 is 0. The molecule has 1 aromatic heterocycles. The van der Waals surface area contributed by atoms with Gasteiger partial charge in [0.2, 0.25) is 0 Å². The SMILES string of the molecule is CCCCCn1nc(CC(C)C)n(Cc2ccc(-c3ccccc3C(=O)O)cc2)c1=O. The molecule has 31 heavy (non-hydrogen) atoms. The molecule has 1 heterocycles. The minimum absolute atomic E-state index is 0.0629. The fraction of sp³-hybridized carbons (Fsp3) is 0.400. The molecular weight excluding hydrogens is 390 g/mol. The number of aromatic carboxylic acids is 1. The van der Waals surface area contributed by atoms with E-state index in [1.54, 1.807) is 21.4 Å². The Hall–Kier alpha value is -3.15. The highest BCUT2D eigenvalue weighted by Crippen LogP contribution is 2.24. The Morgan fingerprint density at radius 2 is 1.77 bits per heavy atom. The Labute approximate surface area is 183 Å². The third kappa shape index (κ3) is 5.51. The second-order valence-electron chi connectivity index (χ2n) is 8.36. The molecule has 0 aliphatic heterocycles. The Bertz CT molecular complexity index is 1080. The van der Waals surface area contributed by atoms with E-state index < -0.39 is 5.97 Å². The lowest BCUT2D eigenvalue weighted by Gasteiger charge is -2.10. The van der Waals surface area contributed by atoms with Crippen LogP contribution in [0.15, 0.2) is 53.3 Å². The highest BCUT2D eigenvalue weighted by molar-refractivity contribution is 5.95. The maximum absolute atomic E-state index is 13.0. The van der Waals surface area contributed by atoms with Crippen LogP contribution in [0.25, 0.3) is 11.1 Å². The van der Waals surface area contributed by atoms with Crippen LogP contribution >= 0.6 is 0 Å². The van der Waals surface area contributed by atoms with Gasteiger partial charge in [-0.2, -0.15) is 5.10 Å². The molecule has 3 aromatic rings. The van der Waals surface area contributed by atoms with Crippen molar-refractivity contribution in [2.45, 2.75) is 59.5 Å². The van der Waals surface area contributed by atoms with Crippen LogP contribution in [0.3, 0.4) is 0 Å². The van der Waals surface area contributed by atoms with E-state index >= 15 is 0 Å². The van der Waals surface area contributed by atoms with Crippen molar-refractivity contribution in [1.82, 2.24) is 14.3 Å². The first-order valence-corrected chi connectivity index (χ1v) is 11.0. The van der Waals surface area contributed by atoms with E-state index in [0.717, 1.165) is 42.6 Å². The van der Waals surface area contributed by atoms with Crippen LogP contribution in [0.2, 0.25) is 0 Å². The lowest BCUT2D eigenvalue weighted by Crippen LogP contribution is -2.26. The van der Waals surface area contributed by atoms with E-state index in [1.807, 2.05) is 36.4 Å². The molecule has 0 bridgehead atoms. The van der Waals surface area contributed by atoms with E-state index in [0.29, 0.717) is 24.6 Å². The van der Waals surface area contributed by atoms with Gasteiger partial charge in [0.1, 0.15) is 5.82 Å². The molecule has 0 aliphatic carbocycles. The van der Waals surface area contributed by atoms with Crippen molar-refractivity contribution in [3.63, 3.8) is 0 Å². The number of aryl methyl sites for hydroxylation is 1. The van der Waals surface area contributed by atoms with E-state index in [1.165, 1.54) is 0 Å². The summed E-state index contributed by atoms with van der Waals surface area (Å²) in [6, 6.07) is 14.7. The molecule has 0 amide bonds.